The molecule has 158 valence electrons. The zero-order chi connectivity index (χ0) is 21.8. The summed E-state index contributed by atoms with van der Waals surface area (Å²) in [7, 11) is 0. The van der Waals surface area contributed by atoms with Gasteiger partial charge in [-0.05, 0) is 49.6 Å². The zero-order valence-electron chi connectivity index (χ0n) is 17.1. The fourth-order valence-electron chi connectivity index (χ4n) is 3.05. The molecule has 0 bridgehead atoms. The maximum Gasteiger partial charge on any atom is 0.261 e. The molecule has 1 amide bonds. The van der Waals surface area contributed by atoms with Crippen molar-refractivity contribution >= 4 is 28.2 Å². The van der Waals surface area contributed by atoms with Crippen LogP contribution in [0, 0.1) is 6.92 Å². The van der Waals surface area contributed by atoms with Crippen molar-refractivity contribution < 1.29 is 18.7 Å². The maximum atomic E-state index is 12.9. The van der Waals surface area contributed by atoms with Crippen LogP contribution in [0.4, 0.5) is 0 Å². The van der Waals surface area contributed by atoms with Crippen molar-refractivity contribution in [2.45, 2.75) is 26.5 Å². The van der Waals surface area contributed by atoms with Gasteiger partial charge in [0.25, 0.3) is 5.91 Å². The standard InChI is InChI=1S/C24H21NO5S/c1-15-23(30-17-7-4-3-5-8-17)22(26)20-11-10-18(13-21(20)29-15)28-16(2)24(27)25-14-19-9-6-12-31-19/h3-13,16H,14H2,1-2H3,(H,25,27)/t16-/m0/s1. The first kappa shape index (κ1) is 20.7. The summed E-state index contributed by atoms with van der Waals surface area (Å²) in [5.74, 6) is 1.27. The normalized spacial score (nSPS) is 11.8. The van der Waals surface area contributed by atoms with Crippen LogP contribution < -0.4 is 20.2 Å². The molecule has 31 heavy (non-hydrogen) atoms. The van der Waals surface area contributed by atoms with Crippen LogP contribution >= 0.6 is 11.3 Å². The fourth-order valence-corrected chi connectivity index (χ4v) is 3.70. The molecule has 0 spiro atoms. The van der Waals surface area contributed by atoms with Crippen molar-refractivity contribution in [2.75, 3.05) is 0 Å². The van der Waals surface area contributed by atoms with E-state index in [1.165, 1.54) is 0 Å². The SMILES string of the molecule is Cc1oc2cc(O[C@@H](C)C(=O)NCc3cccs3)ccc2c(=O)c1Oc1ccccc1. The fraction of sp³-hybridized carbons (Fsp3) is 0.167. The number of carbonyl (C=O) groups is 1. The van der Waals surface area contributed by atoms with Gasteiger partial charge in [0.2, 0.25) is 11.2 Å². The van der Waals surface area contributed by atoms with Crippen LogP contribution in [0.1, 0.15) is 17.6 Å². The van der Waals surface area contributed by atoms with Gasteiger partial charge in [-0.25, -0.2) is 0 Å². The molecule has 4 rings (SSSR count). The molecule has 1 atom stereocenters. The molecule has 2 aromatic heterocycles. The summed E-state index contributed by atoms with van der Waals surface area (Å²) in [6, 6.07) is 17.8. The van der Waals surface area contributed by atoms with Gasteiger partial charge in [-0.2, -0.15) is 0 Å². The third-order valence-corrected chi connectivity index (χ3v) is 5.53. The van der Waals surface area contributed by atoms with Crippen molar-refractivity contribution in [1.29, 1.82) is 0 Å². The molecular formula is C24H21NO5S. The molecule has 0 aliphatic heterocycles. The molecule has 2 aromatic carbocycles. The molecule has 0 saturated heterocycles. The van der Waals surface area contributed by atoms with Gasteiger partial charge in [-0.1, -0.05) is 24.3 Å². The Morgan fingerprint density at radius 1 is 1.10 bits per heavy atom. The second-order valence-corrected chi connectivity index (χ2v) is 7.98. The van der Waals surface area contributed by atoms with E-state index in [1.54, 1.807) is 55.5 Å². The highest BCUT2D eigenvalue weighted by Gasteiger charge is 2.17. The summed E-state index contributed by atoms with van der Waals surface area (Å²) in [6.07, 6.45) is -0.703. The molecule has 4 aromatic rings. The molecule has 1 N–H and O–H groups in total. The average Bonchev–Trinajstić information content (AvgIpc) is 3.29. The van der Waals surface area contributed by atoms with Gasteiger partial charge in [0.05, 0.1) is 11.9 Å². The minimum absolute atomic E-state index is 0.147. The Morgan fingerprint density at radius 3 is 2.65 bits per heavy atom. The van der Waals surface area contributed by atoms with Gasteiger partial charge in [0.15, 0.2) is 6.10 Å². The lowest BCUT2D eigenvalue weighted by Crippen LogP contribution is -2.35. The third-order valence-electron chi connectivity index (χ3n) is 4.65. The van der Waals surface area contributed by atoms with Crippen molar-refractivity contribution in [3.63, 3.8) is 0 Å². The number of carbonyl (C=O) groups excluding carboxylic acids is 1. The number of nitrogens with one attached hydrogen (secondary N) is 1. The van der Waals surface area contributed by atoms with Crippen LogP contribution in [-0.4, -0.2) is 12.0 Å². The highest BCUT2D eigenvalue weighted by Crippen LogP contribution is 2.27. The molecule has 0 unspecified atom stereocenters. The van der Waals surface area contributed by atoms with E-state index in [0.717, 1.165) is 4.88 Å². The molecule has 7 heteroatoms. The zero-order valence-corrected chi connectivity index (χ0v) is 17.9. The van der Waals surface area contributed by atoms with E-state index in [2.05, 4.69) is 5.32 Å². The number of thiophene rings is 1. The molecule has 0 radical (unpaired) electrons. The van der Waals surface area contributed by atoms with Gasteiger partial charge < -0.3 is 19.2 Å². The summed E-state index contributed by atoms with van der Waals surface area (Å²) in [5, 5.41) is 5.18. The maximum absolute atomic E-state index is 12.9. The summed E-state index contributed by atoms with van der Waals surface area (Å²) < 4.78 is 17.3. The number of amides is 1. The van der Waals surface area contributed by atoms with Gasteiger partial charge in [-0.15, -0.1) is 11.3 Å². The number of fused-ring (bicyclic) bond motifs is 1. The van der Waals surface area contributed by atoms with Crippen molar-refractivity contribution in [3.05, 3.63) is 86.9 Å². The number of aryl methyl sites for hydroxylation is 1. The number of benzene rings is 2. The second kappa shape index (κ2) is 9.06. The average molecular weight is 436 g/mol. The summed E-state index contributed by atoms with van der Waals surface area (Å²) >= 11 is 1.58. The summed E-state index contributed by atoms with van der Waals surface area (Å²) in [4.78, 5) is 26.3. The molecule has 0 fully saturated rings. The third kappa shape index (κ3) is 4.78. The molecule has 0 aliphatic rings. The number of hydrogen-bond acceptors (Lipinski definition) is 6. The number of ether oxygens (including phenoxy) is 2. The predicted molar refractivity (Wildman–Crippen MR) is 120 cm³/mol. The first-order chi connectivity index (χ1) is 15.0. The smallest absolute Gasteiger partial charge is 0.261 e. The van der Waals surface area contributed by atoms with Crippen molar-refractivity contribution in [2.24, 2.45) is 0 Å². The number of hydrogen-bond donors (Lipinski definition) is 1. The van der Waals surface area contributed by atoms with E-state index >= 15 is 0 Å². The van der Waals surface area contributed by atoms with E-state index in [4.69, 9.17) is 13.9 Å². The van der Waals surface area contributed by atoms with Gasteiger partial charge in [-0.3, -0.25) is 9.59 Å². The summed E-state index contributed by atoms with van der Waals surface area (Å²) in [6.45, 7) is 3.81. The Balaban J connectivity index is 1.50. The largest absolute Gasteiger partial charge is 0.481 e. The lowest BCUT2D eigenvalue weighted by molar-refractivity contribution is -0.127. The van der Waals surface area contributed by atoms with Crippen LogP contribution in [0.3, 0.4) is 0 Å². The topological polar surface area (TPSA) is 77.8 Å². The Labute approximate surface area is 183 Å². The van der Waals surface area contributed by atoms with Crippen molar-refractivity contribution in [1.82, 2.24) is 5.32 Å². The van der Waals surface area contributed by atoms with E-state index in [9.17, 15) is 9.59 Å². The molecular weight excluding hydrogens is 414 g/mol. The number of rotatable bonds is 7. The number of para-hydroxylation sites is 1. The predicted octanol–water partition coefficient (Wildman–Crippen LogP) is 5.04. The van der Waals surface area contributed by atoms with Gasteiger partial charge in [0, 0.05) is 10.9 Å². The van der Waals surface area contributed by atoms with E-state index in [1.807, 2.05) is 35.7 Å². The first-order valence-electron chi connectivity index (χ1n) is 9.78. The monoisotopic (exact) mass is 435 g/mol. The van der Waals surface area contributed by atoms with Crippen LogP contribution in [-0.2, 0) is 11.3 Å². The minimum Gasteiger partial charge on any atom is -0.481 e. The lowest BCUT2D eigenvalue weighted by Gasteiger charge is -2.15. The molecule has 6 nitrogen and oxygen atoms in total. The van der Waals surface area contributed by atoms with E-state index in [-0.39, 0.29) is 17.1 Å². The minimum atomic E-state index is -0.703. The van der Waals surface area contributed by atoms with E-state index in [0.29, 0.717) is 34.8 Å². The molecule has 0 aliphatic carbocycles. The Hall–Kier alpha value is -3.58. The van der Waals surface area contributed by atoms with Crippen LogP contribution in [0.15, 0.2) is 75.3 Å². The molecule has 0 saturated carbocycles. The molecule has 2 heterocycles. The van der Waals surface area contributed by atoms with E-state index < -0.39 is 6.10 Å². The highest BCUT2D eigenvalue weighted by molar-refractivity contribution is 7.09. The van der Waals surface area contributed by atoms with Crippen LogP contribution in [0.5, 0.6) is 17.2 Å². The van der Waals surface area contributed by atoms with Crippen LogP contribution in [0.25, 0.3) is 11.0 Å². The highest BCUT2D eigenvalue weighted by atomic mass is 32.1. The Kier molecular flexibility index (Phi) is 6.04. The van der Waals surface area contributed by atoms with Crippen molar-refractivity contribution in [3.8, 4) is 17.2 Å². The first-order valence-corrected chi connectivity index (χ1v) is 10.7. The van der Waals surface area contributed by atoms with Crippen LogP contribution in [0.2, 0.25) is 0 Å². The lowest BCUT2D eigenvalue weighted by atomic mass is 10.2. The summed E-state index contributed by atoms with van der Waals surface area (Å²) in [5.41, 5.74) is 0.0995. The Morgan fingerprint density at radius 2 is 1.90 bits per heavy atom. The van der Waals surface area contributed by atoms with Gasteiger partial charge >= 0.3 is 0 Å². The Bertz CT molecular complexity index is 1250. The second-order valence-electron chi connectivity index (χ2n) is 6.95. The quantitative estimate of drug-likeness (QED) is 0.440. The van der Waals surface area contributed by atoms with Gasteiger partial charge in [0.1, 0.15) is 22.8 Å².